The lowest BCUT2D eigenvalue weighted by molar-refractivity contribution is 0.0776. The van der Waals surface area contributed by atoms with E-state index in [0.717, 1.165) is 5.56 Å². The summed E-state index contributed by atoms with van der Waals surface area (Å²) in [6, 6.07) is 1.62. The van der Waals surface area contributed by atoms with Crippen LogP contribution in [0.5, 0.6) is 0 Å². The number of nitrogens with zero attached hydrogens (tertiary/aromatic N) is 3. The molecule has 2 N–H and O–H groups in total. The Morgan fingerprint density at radius 2 is 2.38 bits per heavy atom. The van der Waals surface area contributed by atoms with Gasteiger partial charge < -0.3 is 15.0 Å². The normalized spacial score (nSPS) is 22.0. The van der Waals surface area contributed by atoms with Crippen LogP contribution in [-0.4, -0.2) is 50.4 Å². The number of likely N-dealkylation sites (tertiary alicyclic amines) is 1. The maximum atomic E-state index is 12.4. The summed E-state index contributed by atoms with van der Waals surface area (Å²) in [5.41, 5.74) is 1.53. The first-order valence-corrected chi connectivity index (χ1v) is 7.19. The van der Waals surface area contributed by atoms with Gasteiger partial charge in [0.2, 0.25) is 0 Å². The summed E-state index contributed by atoms with van der Waals surface area (Å²) in [6.07, 6.45) is 5.33. The van der Waals surface area contributed by atoms with Gasteiger partial charge in [-0.1, -0.05) is 11.6 Å². The van der Waals surface area contributed by atoms with Crippen LogP contribution in [0.3, 0.4) is 0 Å². The highest BCUT2D eigenvalue weighted by molar-refractivity contribution is 6.30. The van der Waals surface area contributed by atoms with E-state index in [1.54, 1.807) is 28.0 Å². The Kier molecular flexibility index (Phi) is 3.73. The summed E-state index contributed by atoms with van der Waals surface area (Å²) in [7, 11) is 1.86. The predicted octanol–water partition coefficient (Wildman–Crippen LogP) is 1.25. The number of carbonyl (C=O) groups is 1. The fourth-order valence-corrected chi connectivity index (χ4v) is 3.06. The Balaban J connectivity index is 1.79. The highest BCUT2D eigenvalue weighted by Crippen LogP contribution is 2.33. The first-order valence-electron chi connectivity index (χ1n) is 6.81. The van der Waals surface area contributed by atoms with Crippen molar-refractivity contribution in [1.29, 1.82) is 0 Å². The largest absolute Gasteiger partial charge is 0.396 e. The number of aromatic amines is 1. The van der Waals surface area contributed by atoms with Crippen LogP contribution >= 0.6 is 11.6 Å². The van der Waals surface area contributed by atoms with Crippen molar-refractivity contribution in [3.63, 3.8) is 0 Å². The molecule has 0 saturated carbocycles. The molecule has 0 radical (unpaired) electrons. The molecule has 2 aromatic heterocycles. The Hall–Kier alpha value is -1.79. The van der Waals surface area contributed by atoms with Gasteiger partial charge in [-0.15, -0.1) is 0 Å². The zero-order valence-electron chi connectivity index (χ0n) is 11.7. The molecule has 3 heterocycles. The molecule has 2 aromatic rings. The van der Waals surface area contributed by atoms with Gasteiger partial charge >= 0.3 is 0 Å². The van der Waals surface area contributed by atoms with Crippen LogP contribution in [0.15, 0.2) is 24.7 Å². The van der Waals surface area contributed by atoms with Crippen LogP contribution in [0.4, 0.5) is 0 Å². The minimum Gasteiger partial charge on any atom is -0.396 e. The molecule has 0 unspecified atom stereocenters. The second-order valence-corrected chi connectivity index (χ2v) is 5.87. The molecule has 1 amide bonds. The molecule has 1 fully saturated rings. The third-order valence-corrected chi connectivity index (χ3v) is 4.21. The van der Waals surface area contributed by atoms with E-state index in [1.165, 1.54) is 0 Å². The summed E-state index contributed by atoms with van der Waals surface area (Å²) in [5.74, 6) is 0.0495. The molecule has 7 heteroatoms. The standard InChI is InChI=1S/C14H17ClN4O2/c1-18-5-9(3-17-18)12-7-19(6-10(12)8-20)14(21)13-2-11(15)4-16-13/h2-5,10,12,16,20H,6-8H2,1H3/t10-,12-/m0/s1. The third-order valence-electron chi connectivity index (χ3n) is 3.99. The van der Waals surface area contributed by atoms with E-state index in [2.05, 4.69) is 10.1 Å². The lowest BCUT2D eigenvalue weighted by Gasteiger charge is -2.15. The Morgan fingerprint density at radius 3 is 2.95 bits per heavy atom. The van der Waals surface area contributed by atoms with Crippen LogP contribution in [0.1, 0.15) is 22.0 Å². The predicted molar refractivity (Wildman–Crippen MR) is 78.2 cm³/mol. The van der Waals surface area contributed by atoms with Crippen LogP contribution in [0.25, 0.3) is 0 Å². The molecule has 1 aliphatic heterocycles. The summed E-state index contributed by atoms with van der Waals surface area (Å²) < 4.78 is 1.74. The number of aliphatic hydroxyl groups excluding tert-OH is 1. The van der Waals surface area contributed by atoms with Crippen LogP contribution in [0.2, 0.25) is 5.02 Å². The monoisotopic (exact) mass is 308 g/mol. The minimum atomic E-state index is -0.0910. The van der Waals surface area contributed by atoms with E-state index in [9.17, 15) is 9.90 Å². The molecule has 112 valence electrons. The fourth-order valence-electron chi connectivity index (χ4n) is 2.89. The van der Waals surface area contributed by atoms with E-state index in [4.69, 9.17) is 11.6 Å². The van der Waals surface area contributed by atoms with Crippen molar-refractivity contribution >= 4 is 17.5 Å². The van der Waals surface area contributed by atoms with E-state index in [1.807, 2.05) is 13.2 Å². The average molecular weight is 309 g/mol. The Morgan fingerprint density at radius 1 is 1.57 bits per heavy atom. The molecule has 1 aliphatic rings. The van der Waals surface area contributed by atoms with E-state index in [-0.39, 0.29) is 24.3 Å². The van der Waals surface area contributed by atoms with Gasteiger partial charge in [0.25, 0.3) is 5.91 Å². The van der Waals surface area contributed by atoms with Gasteiger partial charge in [0.1, 0.15) is 5.69 Å². The van der Waals surface area contributed by atoms with Crippen LogP contribution in [0, 0.1) is 5.92 Å². The number of H-pyrrole nitrogens is 1. The van der Waals surface area contributed by atoms with Gasteiger partial charge in [0.15, 0.2) is 0 Å². The zero-order chi connectivity index (χ0) is 15.0. The lowest BCUT2D eigenvalue weighted by atomic mass is 9.92. The van der Waals surface area contributed by atoms with Crippen LogP contribution in [-0.2, 0) is 7.05 Å². The van der Waals surface area contributed by atoms with Crippen LogP contribution < -0.4 is 0 Å². The van der Waals surface area contributed by atoms with Gasteiger partial charge in [-0.3, -0.25) is 9.48 Å². The number of hydrogen-bond donors (Lipinski definition) is 2. The van der Waals surface area contributed by atoms with Gasteiger partial charge in [-0.25, -0.2) is 0 Å². The third kappa shape index (κ3) is 2.69. The second-order valence-electron chi connectivity index (χ2n) is 5.44. The Bertz CT molecular complexity index is 651. The molecule has 6 nitrogen and oxygen atoms in total. The molecule has 2 atom stereocenters. The van der Waals surface area contributed by atoms with E-state index >= 15 is 0 Å². The van der Waals surface area contributed by atoms with Crippen molar-refractivity contribution < 1.29 is 9.90 Å². The molecule has 0 aliphatic carbocycles. The van der Waals surface area contributed by atoms with Crippen molar-refractivity contribution in [3.8, 4) is 0 Å². The van der Waals surface area contributed by atoms with Crippen molar-refractivity contribution in [1.82, 2.24) is 19.7 Å². The highest BCUT2D eigenvalue weighted by Gasteiger charge is 2.36. The van der Waals surface area contributed by atoms with Crippen molar-refractivity contribution in [2.75, 3.05) is 19.7 Å². The average Bonchev–Trinajstić information content (AvgIpc) is 3.16. The molecule has 0 bridgehead atoms. The number of nitrogens with one attached hydrogen (secondary N) is 1. The van der Waals surface area contributed by atoms with Crippen molar-refractivity contribution in [2.24, 2.45) is 13.0 Å². The number of aromatic nitrogens is 3. The minimum absolute atomic E-state index is 0.0311. The summed E-state index contributed by atoms with van der Waals surface area (Å²) in [5, 5.41) is 14.3. The summed E-state index contributed by atoms with van der Waals surface area (Å²) >= 11 is 5.84. The number of aryl methyl sites for hydroxylation is 1. The molecule has 3 rings (SSSR count). The SMILES string of the molecule is Cn1cc([C@@H]2CN(C(=O)c3cc(Cl)c[nH]3)C[C@H]2CO)cn1. The first kappa shape index (κ1) is 14.2. The molecular weight excluding hydrogens is 292 g/mol. The lowest BCUT2D eigenvalue weighted by Crippen LogP contribution is -2.29. The number of rotatable bonds is 3. The van der Waals surface area contributed by atoms with Gasteiger partial charge in [-0.2, -0.15) is 5.10 Å². The number of halogens is 1. The fraction of sp³-hybridized carbons (Fsp3) is 0.429. The number of carbonyl (C=O) groups excluding carboxylic acids is 1. The van der Waals surface area contributed by atoms with E-state index in [0.29, 0.717) is 23.8 Å². The smallest absolute Gasteiger partial charge is 0.270 e. The summed E-state index contributed by atoms with van der Waals surface area (Å²) in [6.45, 7) is 1.16. The maximum Gasteiger partial charge on any atom is 0.270 e. The quantitative estimate of drug-likeness (QED) is 0.896. The molecular formula is C14H17ClN4O2. The number of amides is 1. The van der Waals surface area contributed by atoms with Crippen molar-refractivity contribution in [2.45, 2.75) is 5.92 Å². The van der Waals surface area contributed by atoms with Crippen molar-refractivity contribution in [3.05, 3.63) is 40.9 Å². The molecule has 1 saturated heterocycles. The maximum absolute atomic E-state index is 12.4. The van der Waals surface area contributed by atoms with E-state index < -0.39 is 0 Å². The highest BCUT2D eigenvalue weighted by atomic mass is 35.5. The van der Waals surface area contributed by atoms with Gasteiger partial charge in [0, 0.05) is 51.0 Å². The number of aliphatic hydroxyl groups is 1. The van der Waals surface area contributed by atoms with Gasteiger partial charge in [-0.05, 0) is 11.6 Å². The zero-order valence-corrected chi connectivity index (χ0v) is 12.4. The first-order chi connectivity index (χ1) is 10.1. The summed E-state index contributed by atoms with van der Waals surface area (Å²) in [4.78, 5) is 17.1. The number of hydrogen-bond acceptors (Lipinski definition) is 3. The molecule has 21 heavy (non-hydrogen) atoms. The molecule has 0 aromatic carbocycles. The molecule has 0 spiro atoms. The topological polar surface area (TPSA) is 74.2 Å². The second kappa shape index (κ2) is 5.54. The van der Waals surface area contributed by atoms with Gasteiger partial charge in [0.05, 0.1) is 11.2 Å². The Labute approximate surface area is 127 Å².